The molecule has 6 nitrogen and oxygen atoms in total. The summed E-state index contributed by atoms with van der Waals surface area (Å²) in [5.41, 5.74) is 2.82. The van der Waals surface area contributed by atoms with Gasteiger partial charge in [0.15, 0.2) is 0 Å². The van der Waals surface area contributed by atoms with E-state index >= 15 is 0 Å². The van der Waals surface area contributed by atoms with Crippen LogP contribution in [0.1, 0.15) is 16.8 Å². The van der Waals surface area contributed by atoms with Crippen molar-refractivity contribution in [1.29, 1.82) is 0 Å². The molecular weight excluding hydrogens is 276 g/mol. The zero-order chi connectivity index (χ0) is 14.0. The van der Waals surface area contributed by atoms with Crippen LogP contribution in [-0.2, 0) is 29.7 Å². The van der Waals surface area contributed by atoms with Crippen LogP contribution in [0.15, 0.2) is 41.7 Å². The van der Waals surface area contributed by atoms with Gasteiger partial charge in [0.05, 0.1) is 17.1 Å². The summed E-state index contributed by atoms with van der Waals surface area (Å²) in [6.07, 6.45) is 2.97. The highest BCUT2D eigenvalue weighted by Crippen LogP contribution is 2.19. The van der Waals surface area contributed by atoms with Crippen molar-refractivity contribution in [3.63, 3.8) is 0 Å². The van der Waals surface area contributed by atoms with Gasteiger partial charge in [0.2, 0.25) is 10.0 Å². The number of benzene rings is 1. The number of aromatic nitrogens is 2. The lowest BCUT2D eigenvalue weighted by Crippen LogP contribution is -2.23. The average Bonchev–Trinajstić information content (AvgIpc) is 2.94. The summed E-state index contributed by atoms with van der Waals surface area (Å²) in [4.78, 5) is 8.06. The van der Waals surface area contributed by atoms with E-state index in [1.807, 2.05) is 6.07 Å². The smallest absolute Gasteiger partial charge is 0.240 e. The minimum absolute atomic E-state index is 0.153. The van der Waals surface area contributed by atoms with E-state index in [4.69, 9.17) is 0 Å². The third-order valence-corrected chi connectivity index (χ3v) is 4.60. The van der Waals surface area contributed by atoms with Crippen LogP contribution in [-0.4, -0.2) is 18.4 Å². The summed E-state index contributed by atoms with van der Waals surface area (Å²) in [6, 6.07) is 6.88. The molecule has 0 unspecified atom stereocenters. The third kappa shape index (κ3) is 2.69. The lowest BCUT2D eigenvalue weighted by molar-refractivity contribution is 0.580. The van der Waals surface area contributed by atoms with Gasteiger partial charge in [-0.15, -0.1) is 0 Å². The molecule has 0 spiro atoms. The van der Waals surface area contributed by atoms with E-state index in [2.05, 4.69) is 20.0 Å². The number of nitrogens with zero attached hydrogens (tertiary/aromatic N) is 2. The van der Waals surface area contributed by atoms with Crippen LogP contribution in [0.2, 0.25) is 0 Å². The summed E-state index contributed by atoms with van der Waals surface area (Å²) in [6.45, 7) is 1.66. The molecule has 0 atom stereocenters. The van der Waals surface area contributed by atoms with Crippen molar-refractivity contribution in [3.05, 3.63) is 53.6 Å². The lowest BCUT2D eigenvalue weighted by Gasteiger charge is -2.07. The number of rotatable bonds is 4. The Morgan fingerprint density at radius 2 is 2.05 bits per heavy atom. The fourth-order valence-electron chi connectivity index (χ4n) is 2.11. The second-order valence-electron chi connectivity index (χ2n) is 4.56. The normalized spacial score (nSPS) is 14.2. The van der Waals surface area contributed by atoms with E-state index in [0.29, 0.717) is 12.2 Å². The second kappa shape index (κ2) is 5.28. The Balaban J connectivity index is 1.78. The monoisotopic (exact) mass is 290 g/mol. The van der Waals surface area contributed by atoms with Crippen molar-refractivity contribution in [1.82, 2.24) is 20.0 Å². The van der Waals surface area contributed by atoms with Gasteiger partial charge in [-0.2, -0.15) is 0 Å². The van der Waals surface area contributed by atoms with Crippen LogP contribution < -0.4 is 10.0 Å². The Hall–Kier alpha value is -1.83. The molecule has 1 aromatic heterocycles. The second-order valence-corrected chi connectivity index (χ2v) is 6.33. The first-order chi connectivity index (χ1) is 9.65. The highest BCUT2D eigenvalue weighted by atomic mass is 32.2. The average molecular weight is 290 g/mol. The molecular formula is C13H14N4O2S. The van der Waals surface area contributed by atoms with Crippen LogP contribution in [0.3, 0.4) is 0 Å². The SMILES string of the molecule is O=S(=O)(NCc1ccncn1)c1ccc2c(c1)CNC2. The molecule has 1 aromatic carbocycles. The molecule has 104 valence electrons. The van der Waals surface area contributed by atoms with E-state index in [1.165, 1.54) is 6.33 Å². The fourth-order valence-corrected chi connectivity index (χ4v) is 3.16. The zero-order valence-electron chi connectivity index (χ0n) is 10.7. The molecule has 0 amide bonds. The number of hydrogen-bond donors (Lipinski definition) is 2. The minimum atomic E-state index is -3.52. The Labute approximate surface area is 117 Å². The molecule has 0 saturated carbocycles. The van der Waals surface area contributed by atoms with E-state index in [9.17, 15) is 8.42 Å². The molecule has 1 aliphatic heterocycles. The quantitative estimate of drug-likeness (QED) is 0.859. The highest BCUT2D eigenvalue weighted by Gasteiger charge is 2.18. The first-order valence-corrected chi connectivity index (χ1v) is 7.70. The first kappa shape index (κ1) is 13.2. The standard InChI is InChI=1S/C13H14N4O2S/c18-20(19,17-8-12-3-4-14-9-16-12)13-2-1-10-6-15-7-11(10)5-13/h1-5,9,15,17H,6-8H2. The summed E-state index contributed by atoms with van der Waals surface area (Å²) in [5, 5.41) is 3.19. The van der Waals surface area contributed by atoms with Crippen LogP contribution >= 0.6 is 0 Å². The predicted molar refractivity (Wildman–Crippen MR) is 73.0 cm³/mol. The topological polar surface area (TPSA) is 84.0 Å². The fraction of sp³-hybridized carbons (Fsp3) is 0.231. The van der Waals surface area contributed by atoms with Gasteiger partial charge in [-0.1, -0.05) is 6.07 Å². The maximum atomic E-state index is 12.2. The van der Waals surface area contributed by atoms with E-state index in [-0.39, 0.29) is 11.4 Å². The van der Waals surface area contributed by atoms with Gasteiger partial charge < -0.3 is 5.32 Å². The van der Waals surface area contributed by atoms with E-state index < -0.39 is 10.0 Å². The maximum Gasteiger partial charge on any atom is 0.240 e. The lowest BCUT2D eigenvalue weighted by atomic mass is 10.1. The molecule has 0 bridgehead atoms. The summed E-state index contributed by atoms with van der Waals surface area (Å²) >= 11 is 0. The van der Waals surface area contributed by atoms with Crippen molar-refractivity contribution < 1.29 is 8.42 Å². The Morgan fingerprint density at radius 3 is 2.85 bits per heavy atom. The van der Waals surface area contributed by atoms with Gasteiger partial charge in [0, 0.05) is 19.3 Å². The molecule has 0 aliphatic carbocycles. The maximum absolute atomic E-state index is 12.2. The molecule has 2 aromatic rings. The van der Waals surface area contributed by atoms with Gasteiger partial charge in [-0.05, 0) is 29.3 Å². The molecule has 0 saturated heterocycles. The van der Waals surface area contributed by atoms with Crippen LogP contribution in [0, 0.1) is 0 Å². The molecule has 20 heavy (non-hydrogen) atoms. The van der Waals surface area contributed by atoms with Crippen molar-refractivity contribution in [2.45, 2.75) is 24.5 Å². The minimum Gasteiger partial charge on any atom is -0.309 e. The molecule has 0 fully saturated rings. The van der Waals surface area contributed by atoms with Crippen molar-refractivity contribution >= 4 is 10.0 Å². The summed E-state index contributed by atoms with van der Waals surface area (Å²) in [7, 11) is -3.52. The Kier molecular flexibility index (Phi) is 3.47. The molecule has 2 N–H and O–H groups in total. The van der Waals surface area contributed by atoms with Gasteiger partial charge in [-0.3, -0.25) is 0 Å². The number of sulfonamides is 1. The number of nitrogens with one attached hydrogen (secondary N) is 2. The summed E-state index contributed by atoms with van der Waals surface area (Å²) in [5.74, 6) is 0. The van der Waals surface area contributed by atoms with Gasteiger partial charge >= 0.3 is 0 Å². The third-order valence-electron chi connectivity index (χ3n) is 3.21. The Morgan fingerprint density at radius 1 is 1.20 bits per heavy atom. The van der Waals surface area contributed by atoms with Crippen LogP contribution in [0.4, 0.5) is 0 Å². The number of hydrogen-bond acceptors (Lipinski definition) is 5. The van der Waals surface area contributed by atoms with Crippen LogP contribution in [0.5, 0.6) is 0 Å². The molecule has 3 rings (SSSR count). The highest BCUT2D eigenvalue weighted by molar-refractivity contribution is 7.89. The van der Waals surface area contributed by atoms with Crippen LogP contribution in [0.25, 0.3) is 0 Å². The van der Waals surface area contributed by atoms with E-state index in [1.54, 1.807) is 24.4 Å². The largest absolute Gasteiger partial charge is 0.309 e. The number of fused-ring (bicyclic) bond motifs is 1. The zero-order valence-corrected chi connectivity index (χ0v) is 11.5. The van der Waals surface area contributed by atoms with E-state index in [0.717, 1.165) is 17.7 Å². The molecule has 0 radical (unpaired) electrons. The predicted octanol–water partition coefficient (Wildman–Crippen LogP) is 0.558. The Bertz CT molecular complexity index is 716. The van der Waals surface area contributed by atoms with Gasteiger partial charge in [0.25, 0.3) is 0 Å². The summed E-state index contributed by atoms with van der Waals surface area (Å²) < 4.78 is 27.0. The van der Waals surface area contributed by atoms with Crippen molar-refractivity contribution in [2.75, 3.05) is 0 Å². The van der Waals surface area contributed by atoms with Gasteiger partial charge in [-0.25, -0.2) is 23.1 Å². The van der Waals surface area contributed by atoms with Crippen molar-refractivity contribution in [2.24, 2.45) is 0 Å². The first-order valence-electron chi connectivity index (χ1n) is 6.22. The molecule has 2 heterocycles. The molecule has 1 aliphatic rings. The molecule has 7 heteroatoms. The van der Waals surface area contributed by atoms with Gasteiger partial charge in [0.1, 0.15) is 6.33 Å². The van der Waals surface area contributed by atoms with Crippen molar-refractivity contribution in [3.8, 4) is 0 Å².